The third-order valence-electron chi connectivity index (χ3n) is 3.92. The number of anilines is 1. The van der Waals surface area contributed by atoms with Crippen molar-refractivity contribution in [2.24, 2.45) is 0 Å². The summed E-state index contributed by atoms with van der Waals surface area (Å²) in [4.78, 5) is 47.2. The van der Waals surface area contributed by atoms with Crippen LogP contribution in [0, 0.1) is 0 Å². The van der Waals surface area contributed by atoms with Crippen LogP contribution in [0.3, 0.4) is 0 Å². The van der Waals surface area contributed by atoms with Gasteiger partial charge in [0, 0.05) is 23.2 Å². The van der Waals surface area contributed by atoms with Gasteiger partial charge < -0.3 is 20.1 Å². The Morgan fingerprint density at radius 3 is 2.10 bits per heavy atom. The van der Waals surface area contributed by atoms with E-state index >= 15 is 0 Å². The highest BCUT2D eigenvalue weighted by atomic mass is 16.5. The summed E-state index contributed by atoms with van der Waals surface area (Å²) >= 11 is 0. The van der Waals surface area contributed by atoms with Crippen LogP contribution in [0.4, 0.5) is 5.69 Å². The fourth-order valence-electron chi connectivity index (χ4n) is 2.27. The van der Waals surface area contributed by atoms with Gasteiger partial charge >= 0.3 is 5.97 Å². The van der Waals surface area contributed by atoms with E-state index in [0.29, 0.717) is 29.0 Å². The van der Waals surface area contributed by atoms with E-state index in [1.807, 2.05) is 0 Å². The lowest BCUT2D eigenvalue weighted by molar-refractivity contribution is -0.141. The number of benzene rings is 2. The first kappa shape index (κ1) is 21.6. The van der Waals surface area contributed by atoms with E-state index in [2.05, 4.69) is 10.6 Å². The Morgan fingerprint density at radius 1 is 0.897 bits per heavy atom. The fraction of sp³-hybridized carbons (Fsp3) is 0.238. The molecule has 0 saturated carbocycles. The van der Waals surface area contributed by atoms with E-state index in [-0.39, 0.29) is 12.5 Å². The van der Waals surface area contributed by atoms with Gasteiger partial charge in [0.15, 0.2) is 12.4 Å². The number of carbonyl (C=O) groups is 4. The Balaban J connectivity index is 1.77. The zero-order valence-corrected chi connectivity index (χ0v) is 16.2. The van der Waals surface area contributed by atoms with Crippen molar-refractivity contribution in [3.63, 3.8) is 0 Å². The number of methoxy groups -OCH3 is 1. The van der Waals surface area contributed by atoms with Crippen LogP contribution in [0.5, 0.6) is 5.75 Å². The summed E-state index contributed by atoms with van der Waals surface area (Å²) in [5, 5.41) is 5.10. The van der Waals surface area contributed by atoms with Crippen LogP contribution in [0.15, 0.2) is 48.5 Å². The quantitative estimate of drug-likeness (QED) is 0.495. The Bertz CT molecular complexity index is 875. The largest absolute Gasteiger partial charge is 0.497 e. The lowest BCUT2D eigenvalue weighted by Crippen LogP contribution is -2.31. The summed E-state index contributed by atoms with van der Waals surface area (Å²) in [7, 11) is 1.52. The normalized spacial score (nSPS) is 10.0. The van der Waals surface area contributed by atoms with Crippen molar-refractivity contribution >= 4 is 29.3 Å². The molecular weight excluding hydrogens is 376 g/mol. The topological polar surface area (TPSA) is 111 Å². The minimum atomic E-state index is -0.730. The molecule has 0 aliphatic rings. The summed E-state index contributed by atoms with van der Waals surface area (Å²) in [6.07, 6.45) is 0.353. The third-order valence-corrected chi connectivity index (χ3v) is 3.92. The number of esters is 1. The smallest absolute Gasteiger partial charge is 0.325 e. The van der Waals surface area contributed by atoms with E-state index in [0.717, 1.165) is 0 Å². The molecule has 0 radical (unpaired) electrons. The molecule has 0 saturated heterocycles. The van der Waals surface area contributed by atoms with Gasteiger partial charge in [-0.15, -0.1) is 0 Å². The highest BCUT2D eigenvalue weighted by Gasteiger charge is 2.12. The second-order valence-corrected chi connectivity index (χ2v) is 5.97. The van der Waals surface area contributed by atoms with Crippen molar-refractivity contribution < 1.29 is 28.7 Å². The molecule has 0 bridgehead atoms. The van der Waals surface area contributed by atoms with Gasteiger partial charge in [0.2, 0.25) is 5.91 Å². The average Bonchev–Trinajstić information content (AvgIpc) is 2.76. The standard InChI is InChI=1S/C21H22N2O6/c1-3-19(25)23-16-8-4-14(5-9-16)18(24)13-29-20(26)12-22-21(27)15-6-10-17(28-2)11-7-15/h4-11H,3,12-13H2,1-2H3,(H,22,27)(H,23,25). The first-order chi connectivity index (χ1) is 13.9. The van der Waals surface area contributed by atoms with Crippen LogP contribution in [0.2, 0.25) is 0 Å². The SMILES string of the molecule is CCC(=O)Nc1ccc(C(=O)COC(=O)CNC(=O)c2ccc(OC)cc2)cc1. The zero-order chi connectivity index (χ0) is 21.2. The van der Waals surface area contributed by atoms with Gasteiger partial charge in [-0.25, -0.2) is 0 Å². The number of hydrogen-bond donors (Lipinski definition) is 2. The average molecular weight is 398 g/mol. The maximum Gasteiger partial charge on any atom is 0.325 e. The van der Waals surface area contributed by atoms with Crippen molar-refractivity contribution in [1.29, 1.82) is 0 Å². The van der Waals surface area contributed by atoms with E-state index in [9.17, 15) is 19.2 Å². The molecule has 0 aliphatic carbocycles. The molecule has 0 aliphatic heterocycles. The molecule has 152 valence electrons. The van der Waals surface area contributed by atoms with Crippen molar-refractivity contribution in [2.75, 3.05) is 25.6 Å². The summed E-state index contributed by atoms with van der Waals surface area (Å²) in [6.45, 7) is 0.930. The number of carbonyl (C=O) groups excluding carboxylic acids is 4. The number of nitrogens with one attached hydrogen (secondary N) is 2. The van der Waals surface area contributed by atoms with Crippen LogP contribution in [-0.4, -0.2) is 43.8 Å². The minimum Gasteiger partial charge on any atom is -0.497 e. The van der Waals surface area contributed by atoms with Crippen molar-refractivity contribution in [3.8, 4) is 5.75 Å². The molecule has 2 aromatic carbocycles. The summed E-state index contributed by atoms with van der Waals surface area (Å²) < 4.78 is 9.91. The first-order valence-electron chi connectivity index (χ1n) is 8.94. The number of ether oxygens (including phenoxy) is 2. The third kappa shape index (κ3) is 6.76. The predicted octanol–water partition coefficient (Wildman–Crippen LogP) is 2.20. The Kier molecular flexibility index (Phi) is 7.90. The van der Waals surface area contributed by atoms with Gasteiger partial charge in [0.25, 0.3) is 5.91 Å². The van der Waals surface area contributed by atoms with Crippen LogP contribution >= 0.6 is 0 Å². The van der Waals surface area contributed by atoms with E-state index in [4.69, 9.17) is 9.47 Å². The second kappa shape index (κ2) is 10.6. The van der Waals surface area contributed by atoms with Crippen LogP contribution in [0.25, 0.3) is 0 Å². The lowest BCUT2D eigenvalue weighted by atomic mass is 10.1. The predicted molar refractivity (Wildman–Crippen MR) is 106 cm³/mol. The highest BCUT2D eigenvalue weighted by molar-refractivity contribution is 5.99. The zero-order valence-electron chi connectivity index (χ0n) is 16.2. The molecule has 29 heavy (non-hydrogen) atoms. The van der Waals surface area contributed by atoms with Gasteiger partial charge in [-0.3, -0.25) is 19.2 Å². The summed E-state index contributed by atoms with van der Waals surface area (Å²) in [5.74, 6) is -1.09. The molecule has 0 fully saturated rings. The summed E-state index contributed by atoms with van der Waals surface area (Å²) in [6, 6.07) is 12.6. The molecule has 0 heterocycles. The van der Waals surface area contributed by atoms with E-state index < -0.39 is 24.3 Å². The molecule has 2 rings (SSSR count). The maximum atomic E-state index is 12.1. The maximum absolute atomic E-state index is 12.1. The van der Waals surface area contributed by atoms with Crippen LogP contribution in [-0.2, 0) is 14.3 Å². The molecule has 2 N–H and O–H groups in total. The van der Waals surface area contributed by atoms with Crippen molar-refractivity contribution in [2.45, 2.75) is 13.3 Å². The van der Waals surface area contributed by atoms with E-state index in [1.54, 1.807) is 43.3 Å². The van der Waals surface area contributed by atoms with E-state index in [1.165, 1.54) is 19.2 Å². The molecule has 8 heteroatoms. The number of rotatable bonds is 9. The number of ketones is 1. The molecule has 0 aromatic heterocycles. The molecule has 8 nitrogen and oxygen atoms in total. The van der Waals surface area contributed by atoms with Gasteiger partial charge in [-0.05, 0) is 48.5 Å². The van der Waals surface area contributed by atoms with Crippen LogP contribution < -0.4 is 15.4 Å². The lowest BCUT2D eigenvalue weighted by Gasteiger charge is -2.08. The fourth-order valence-corrected chi connectivity index (χ4v) is 2.27. The van der Waals surface area contributed by atoms with Crippen molar-refractivity contribution in [3.05, 3.63) is 59.7 Å². The van der Waals surface area contributed by atoms with Gasteiger partial charge in [0.05, 0.1) is 7.11 Å². The molecule has 2 aromatic rings. The second-order valence-electron chi connectivity index (χ2n) is 5.97. The highest BCUT2D eigenvalue weighted by Crippen LogP contribution is 2.12. The van der Waals surface area contributed by atoms with Crippen LogP contribution in [0.1, 0.15) is 34.1 Å². The molecule has 0 spiro atoms. The minimum absolute atomic E-state index is 0.130. The number of Topliss-reactive ketones (excluding diaryl/α,β-unsaturated/α-hetero) is 1. The molecule has 0 unspecified atom stereocenters. The molecular formula is C21H22N2O6. The number of amides is 2. The molecule has 2 amide bonds. The monoisotopic (exact) mass is 398 g/mol. The van der Waals surface area contributed by atoms with Gasteiger partial charge in [0.1, 0.15) is 12.3 Å². The summed E-state index contributed by atoms with van der Waals surface area (Å²) in [5.41, 5.74) is 1.28. The molecule has 0 atom stereocenters. The Morgan fingerprint density at radius 2 is 1.52 bits per heavy atom. The Hall–Kier alpha value is -3.68. The van der Waals surface area contributed by atoms with Gasteiger partial charge in [-0.2, -0.15) is 0 Å². The van der Waals surface area contributed by atoms with Crippen molar-refractivity contribution in [1.82, 2.24) is 5.32 Å². The number of hydrogen-bond acceptors (Lipinski definition) is 6. The first-order valence-corrected chi connectivity index (χ1v) is 8.94. The van der Waals surface area contributed by atoms with Gasteiger partial charge in [-0.1, -0.05) is 6.92 Å². The Labute approximate surface area is 168 Å².